The Balaban J connectivity index is 0.886. The maximum Gasteiger partial charge on any atom is 0.180 e. The van der Waals surface area contributed by atoms with Crippen LogP contribution in [0.2, 0.25) is 0 Å². The maximum atomic E-state index is 6.63. The van der Waals surface area contributed by atoms with Crippen molar-refractivity contribution in [3.8, 4) is 67.4 Å². The smallest absolute Gasteiger partial charge is 0.180 e. The zero-order valence-corrected chi connectivity index (χ0v) is 36.0. The number of furan rings is 1. The van der Waals surface area contributed by atoms with Gasteiger partial charge in [0.2, 0.25) is 0 Å². The summed E-state index contributed by atoms with van der Waals surface area (Å²) in [4.78, 5) is 10.3. The Hall–Kier alpha value is -9.06. The fourth-order valence-corrected chi connectivity index (χ4v) is 11.1. The Morgan fingerprint density at radius 1 is 0.343 bits per heavy atom. The summed E-state index contributed by atoms with van der Waals surface area (Å²) in [6.07, 6.45) is 0. The minimum Gasteiger partial charge on any atom is -0.452 e. The minimum absolute atomic E-state index is 0.666. The van der Waals surface area contributed by atoms with E-state index >= 15 is 0 Å². The third-order valence-corrected chi connectivity index (χ3v) is 14.1. The van der Waals surface area contributed by atoms with Crippen LogP contribution in [0.15, 0.2) is 223 Å². The highest BCUT2D eigenvalue weighted by atomic mass is 16.3. The molecule has 0 saturated heterocycles. The lowest BCUT2D eigenvalue weighted by atomic mass is 10.0. The van der Waals surface area contributed by atoms with Crippen LogP contribution in [-0.2, 0) is 0 Å². The average Bonchev–Trinajstić information content (AvgIpc) is 4.13. The Kier molecular flexibility index (Phi) is 7.44. The van der Waals surface area contributed by atoms with E-state index in [-0.39, 0.29) is 0 Å². The molecule has 0 saturated carbocycles. The van der Waals surface area contributed by atoms with Gasteiger partial charge in [0, 0.05) is 49.1 Å². The number of benzene rings is 10. The second-order valence-electron chi connectivity index (χ2n) is 17.7. The molecule has 0 atom stereocenters. The Morgan fingerprint density at radius 2 is 0.910 bits per heavy atom. The fourth-order valence-electron chi connectivity index (χ4n) is 11.1. The first-order valence-corrected chi connectivity index (χ1v) is 22.8. The van der Waals surface area contributed by atoms with Crippen LogP contribution in [0.1, 0.15) is 0 Å². The summed E-state index contributed by atoms with van der Waals surface area (Å²) in [5, 5.41) is 8.41. The van der Waals surface area contributed by atoms with Crippen molar-refractivity contribution in [2.24, 2.45) is 0 Å². The summed E-state index contributed by atoms with van der Waals surface area (Å²) < 4.78 is 11.5. The van der Waals surface area contributed by atoms with Crippen molar-refractivity contribution in [3.63, 3.8) is 0 Å². The first-order chi connectivity index (χ1) is 33.2. The van der Waals surface area contributed by atoms with Gasteiger partial charge in [0.25, 0.3) is 0 Å². The van der Waals surface area contributed by atoms with Crippen molar-refractivity contribution < 1.29 is 4.42 Å². The zero-order chi connectivity index (χ0) is 43.7. The number of hydrogen-bond acceptors (Lipinski definition) is 3. The summed E-state index contributed by atoms with van der Waals surface area (Å²) in [5.74, 6) is 0.666. The molecule has 310 valence electrons. The van der Waals surface area contributed by atoms with Crippen molar-refractivity contribution >= 4 is 76.5 Å². The quantitative estimate of drug-likeness (QED) is 0.173. The van der Waals surface area contributed by atoms with Crippen LogP contribution in [0.25, 0.3) is 144 Å². The third-order valence-electron chi connectivity index (χ3n) is 14.1. The Labute approximate surface area is 384 Å². The predicted octanol–water partition coefficient (Wildman–Crippen LogP) is 16.4. The van der Waals surface area contributed by atoms with E-state index < -0.39 is 0 Å². The number of nitrogens with zero attached hydrogens (tertiary/aromatic N) is 4. The molecular weight excluding hydrogens is 817 g/mol. The van der Waals surface area contributed by atoms with E-state index in [9.17, 15) is 0 Å². The summed E-state index contributed by atoms with van der Waals surface area (Å²) in [6.45, 7) is 0. The van der Waals surface area contributed by atoms with E-state index in [0.29, 0.717) is 11.4 Å². The molecule has 0 radical (unpaired) electrons. The normalized spacial score (nSPS) is 12.2. The Morgan fingerprint density at radius 3 is 1.63 bits per heavy atom. The summed E-state index contributed by atoms with van der Waals surface area (Å²) in [5.41, 5.74) is 19.5. The van der Waals surface area contributed by atoms with Gasteiger partial charge >= 0.3 is 0 Å². The summed E-state index contributed by atoms with van der Waals surface area (Å²) in [6, 6.07) is 78.6. The molecule has 0 unspecified atom stereocenters. The highest BCUT2D eigenvalue weighted by molar-refractivity contribution is 6.19. The number of rotatable bonds is 5. The first-order valence-electron chi connectivity index (χ1n) is 22.8. The highest BCUT2D eigenvalue weighted by Crippen LogP contribution is 2.49. The van der Waals surface area contributed by atoms with Crippen molar-refractivity contribution in [1.29, 1.82) is 0 Å². The molecule has 0 spiro atoms. The van der Waals surface area contributed by atoms with Gasteiger partial charge in [0.05, 0.1) is 27.8 Å². The van der Waals surface area contributed by atoms with E-state index in [1.54, 1.807) is 0 Å². The average molecular weight is 853 g/mol. The second kappa shape index (κ2) is 13.7. The van der Waals surface area contributed by atoms with Gasteiger partial charge in [-0.05, 0) is 99.4 Å². The van der Waals surface area contributed by atoms with Crippen molar-refractivity contribution in [2.45, 2.75) is 0 Å². The van der Waals surface area contributed by atoms with E-state index in [0.717, 1.165) is 50.0 Å². The van der Waals surface area contributed by atoms with Crippen LogP contribution < -0.4 is 0 Å². The fraction of sp³-hybridized carbons (Fsp3) is 0. The number of para-hydroxylation sites is 2. The van der Waals surface area contributed by atoms with Gasteiger partial charge in [-0.3, -0.25) is 0 Å². The molecule has 0 N–H and O–H groups in total. The van der Waals surface area contributed by atoms with Crippen LogP contribution >= 0.6 is 0 Å². The standard InChI is InChI=1S/C62H36N4O/c1-3-14-37(15-4-1)59-61-60(64-62(63-59)38-16-5-2-6-17-38)51-36-41(28-33-57(51)67-61)65-52-24-11-9-20-44(52)49-34-39(26-30-55(49)65)40-27-31-56-50(35-40)45-21-10-12-25-53(45)66(56)54-32-29-47-43-19-8-7-18-42(43)46-22-13-23-48(54)58(46)47/h1-36H. The predicted molar refractivity (Wildman–Crippen MR) is 276 cm³/mol. The molecule has 0 amide bonds. The topological polar surface area (TPSA) is 48.8 Å². The second-order valence-corrected chi connectivity index (χ2v) is 17.7. The van der Waals surface area contributed by atoms with Gasteiger partial charge in [-0.1, -0.05) is 158 Å². The van der Waals surface area contributed by atoms with Crippen LogP contribution in [0.5, 0.6) is 0 Å². The molecule has 0 aliphatic heterocycles. The maximum absolute atomic E-state index is 6.63. The van der Waals surface area contributed by atoms with Crippen LogP contribution in [0, 0.1) is 0 Å². The molecular formula is C62H36N4O. The van der Waals surface area contributed by atoms with Gasteiger partial charge in [0.15, 0.2) is 11.4 Å². The lowest BCUT2D eigenvalue weighted by Crippen LogP contribution is -1.95. The molecule has 1 aliphatic carbocycles. The summed E-state index contributed by atoms with van der Waals surface area (Å²) >= 11 is 0. The van der Waals surface area contributed by atoms with Crippen LogP contribution in [0.3, 0.4) is 0 Å². The van der Waals surface area contributed by atoms with Crippen molar-refractivity contribution in [3.05, 3.63) is 218 Å². The van der Waals surface area contributed by atoms with E-state index in [1.807, 2.05) is 36.4 Å². The molecule has 5 nitrogen and oxygen atoms in total. The van der Waals surface area contributed by atoms with Crippen LogP contribution in [-0.4, -0.2) is 19.1 Å². The molecule has 0 bridgehead atoms. The lowest BCUT2D eigenvalue weighted by Gasteiger charge is -2.13. The molecule has 15 rings (SSSR count). The zero-order valence-electron chi connectivity index (χ0n) is 36.0. The minimum atomic E-state index is 0.666. The number of fused-ring (bicyclic) bond motifs is 12. The molecule has 14 aromatic rings. The molecule has 4 aromatic heterocycles. The van der Waals surface area contributed by atoms with Crippen molar-refractivity contribution in [1.82, 2.24) is 19.1 Å². The first kappa shape index (κ1) is 36.3. The SMILES string of the molecule is c1ccc(-c2nc(-c3ccccc3)c3oc4ccc(-n5c6ccccc6c6cc(-c7ccc8c(c7)c7ccccc7n8-c7ccc8c9c(cccc79)-c7ccccc7-8)ccc65)cc4c3n2)cc1. The van der Waals surface area contributed by atoms with Crippen molar-refractivity contribution in [2.75, 3.05) is 0 Å². The molecule has 5 heteroatoms. The van der Waals surface area contributed by atoms with Gasteiger partial charge in [0.1, 0.15) is 16.8 Å². The summed E-state index contributed by atoms with van der Waals surface area (Å²) in [7, 11) is 0. The molecule has 4 heterocycles. The van der Waals surface area contributed by atoms with Crippen LogP contribution in [0.4, 0.5) is 0 Å². The largest absolute Gasteiger partial charge is 0.452 e. The molecule has 0 fully saturated rings. The third kappa shape index (κ3) is 5.19. The molecule has 67 heavy (non-hydrogen) atoms. The molecule has 10 aromatic carbocycles. The highest BCUT2D eigenvalue weighted by Gasteiger charge is 2.25. The molecule has 1 aliphatic rings. The van der Waals surface area contributed by atoms with E-state index in [4.69, 9.17) is 14.4 Å². The van der Waals surface area contributed by atoms with Gasteiger partial charge < -0.3 is 13.6 Å². The number of aromatic nitrogens is 4. The van der Waals surface area contributed by atoms with E-state index in [1.165, 1.54) is 82.4 Å². The monoisotopic (exact) mass is 852 g/mol. The van der Waals surface area contributed by atoms with E-state index in [2.05, 4.69) is 191 Å². The number of hydrogen-bond donors (Lipinski definition) is 0. The van der Waals surface area contributed by atoms with Gasteiger partial charge in [-0.2, -0.15) is 0 Å². The lowest BCUT2D eigenvalue weighted by molar-refractivity contribution is 0.667. The Bertz CT molecular complexity index is 4360. The van der Waals surface area contributed by atoms with Gasteiger partial charge in [-0.15, -0.1) is 0 Å². The van der Waals surface area contributed by atoms with Gasteiger partial charge in [-0.25, -0.2) is 9.97 Å².